The first-order chi connectivity index (χ1) is 24.6. The molecule has 0 bridgehead atoms. The number of aliphatic hydroxyl groups excluding tert-OH is 1. The Morgan fingerprint density at radius 2 is 1.65 bits per heavy atom. The Kier molecular flexibility index (Phi) is 9.47. The minimum Gasteiger partial charge on any atom is -0.507 e. The zero-order valence-electron chi connectivity index (χ0n) is 27.7. The summed E-state index contributed by atoms with van der Waals surface area (Å²) in [7, 11) is 1.27. The summed E-state index contributed by atoms with van der Waals surface area (Å²) in [4.78, 5) is 90.0. The van der Waals surface area contributed by atoms with Crippen LogP contribution in [0.5, 0.6) is 17.2 Å². The van der Waals surface area contributed by atoms with E-state index in [1.54, 1.807) is 0 Å². The summed E-state index contributed by atoms with van der Waals surface area (Å²) in [6, 6.07) is 3.02. The van der Waals surface area contributed by atoms with Crippen molar-refractivity contribution in [3.05, 3.63) is 63.7 Å². The van der Waals surface area contributed by atoms with Crippen molar-refractivity contribution < 1.29 is 78.0 Å². The van der Waals surface area contributed by atoms with E-state index in [4.69, 9.17) is 24.1 Å². The first-order valence-electron chi connectivity index (χ1n) is 16.1. The number of hydrogen-bond donors (Lipinski definition) is 5. The van der Waals surface area contributed by atoms with Gasteiger partial charge in [-0.2, -0.15) is 0 Å². The molecule has 2 aromatic carbocycles. The lowest BCUT2D eigenvalue weighted by molar-refractivity contribution is -0.256. The van der Waals surface area contributed by atoms with Crippen LogP contribution in [0.2, 0.25) is 0 Å². The number of esters is 1. The summed E-state index contributed by atoms with van der Waals surface area (Å²) in [5.41, 5.74) is -4.71. The number of carbonyl (C=O) groups is 7. The summed E-state index contributed by atoms with van der Waals surface area (Å²) < 4.78 is 22.2. The Labute approximate surface area is 293 Å². The van der Waals surface area contributed by atoms with E-state index in [-0.39, 0.29) is 34.4 Å². The van der Waals surface area contributed by atoms with Gasteiger partial charge in [0.1, 0.15) is 29.0 Å². The number of ketones is 3. The van der Waals surface area contributed by atoms with Crippen molar-refractivity contribution >= 4 is 41.1 Å². The van der Waals surface area contributed by atoms with Crippen molar-refractivity contribution in [3.8, 4) is 17.2 Å². The lowest BCUT2D eigenvalue weighted by atomic mass is 9.72. The van der Waals surface area contributed by atoms with Crippen LogP contribution in [0, 0.1) is 0 Å². The number of aromatic hydroxyl groups is 2. The largest absolute Gasteiger partial charge is 0.507 e. The molecule has 6 atom stereocenters. The number of methoxy groups -OCH3 is 1. The predicted octanol–water partition coefficient (Wildman–Crippen LogP) is 0.383. The molecule has 2 heterocycles. The van der Waals surface area contributed by atoms with E-state index < -0.39 is 132 Å². The number of aliphatic carboxylic acids is 1. The zero-order chi connectivity index (χ0) is 37.8. The van der Waals surface area contributed by atoms with E-state index in [1.807, 2.05) is 0 Å². The highest BCUT2D eigenvalue weighted by Gasteiger charge is 2.51. The molecule has 2 amide bonds. The van der Waals surface area contributed by atoms with Crippen LogP contribution in [-0.2, 0) is 44.6 Å². The quantitative estimate of drug-likeness (QED) is 0.108. The number of carboxylic acids is 1. The summed E-state index contributed by atoms with van der Waals surface area (Å²) in [6.07, 6.45) is -6.32. The number of imide groups is 1. The molecule has 0 spiro atoms. The van der Waals surface area contributed by atoms with Gasteiger partial charge in [-0.25, -0.2) is 0 Å². The molecule has 1 saturated heterocycles. The van der Waals surface area contributed by atoms with E-state index >= 15 is 0 Å². The van der Waals surface area contributed by atoms with Gasteiger partial charge in [0.05, 0.1) is 54.9 Å². The van der Waals surface area contributed by atoms with E-state index in [9.17, 15) is 54.0 Å². The Hall–Kier alpha value is -5.49. The molecule has 6 rings (SSSR count). The van der Waals surface area contributed by atoms with E-state index in [0.717, 1.165) is 17.1 Å². The van der Waals surface area contributed by atoms with Gasteiger partial charge in [-0.15, -0.1) is 0 Å². The molecule has 17 heteroatoms. The third kappa shape index (κ3) is 6.10. The maximum atomic E-state index is 13.9. The van der Waals surface area contributed by atoms with E-state index in [2.05, 4.69) is 0 Å². The fourth-order valence-corrected chi connectivity index (χ4v) is 7.10. The topological polar surface area (TPSA) is 261 Å². The summed E-state index contributed by atoms with van der Waals surface area (Å²) >= 11 is 0. The zero-order valence-corrected chi connectivity index (χ0v) is 27.7. The smallest absolute Gasteiger partial charge is 0.306 e. The summed E-state index contributed by atoms with van der Waals surface area (Å²) in [5.74, 6) is -8.26. The lowest BCUT2D eigenvalue weighted by Gasteiger charge is -2.44. The number of ether oxygens (including phenoxy) is 4. The van der Waals surface area contributed by atoms with Crippen molar-refractivity contribution in [2.75, 3.05) is 13.7 Å². The second-order valence-electron chi connectivity index (χ2n) is 12.8. The third-order valence-corrected chi connectivity index (χ3v) is 9.67. The molecule has 0 saturated carbocycles. The Morgan fingerprint density at radius 1 is 0.981 bits per heavy atom. The maximum absolute atomic E-state index is 13.9. The first-order valence-corrected chi connectivity index (χ1v) is 16.1. The van der Waals surface area contributed by atoms with Gasteiger partial charge in [-0.3, -0.25) is 38.5 Å². The van der Waals surface area contributed by atoms with Gasteiger partial charge >= 0.3 is 11.9 Å². The molecule has 0 radical (unpaired) electrons. The first kappa shape index (κ1) is 36.3. The molecule has 52 heavy (non-hydrogen) atoms. The van der Waals surface area contributed by atoms with E-state index in [1.165, 1.54) is 32.2 Å². The highest BCUT2D eigenvalue weighted by molar-refractivity contribution is 6.31. The van der Waals surface area contributed by atoms with Crippen LogP contribution in [-0.4, -0.2) is 115 Å². The number of aliphatic hydroxyl groups is 2. The third-order valence-electron chi connectivity index (χ3n) is 9.67. The highest BCUT2D eigenvalue weighted by atomic mass is 16.7. The van der Waals surface area contributed by atoms with Crippen LogP contribution >= 0.6 is 0 Å². The van der Waals surface area contributed by atoms with Crippen molar-refractivity contribution in [1.29, 1.82) is 0 Å². The number of phenolic OH excluding ortho intramolecular Hbond substituents is 2. The average Bonchev–Trinajstić information content (AvgIpc) is 3.44. The van der Waals surface area contributed by atoms with Gasteiger partial charge in [-0.1, -0.05) is 12.1 Å². The number of hydrogen-bond acceptors (Lipinski definition) is 15. The summed E-state index contributed by atoms with van der Waals surface area (Å²) in [6.45, 7) is 0.407. The molecule has 4 aliphatic rings. The molecular formula is C35H33NO16. The predicted molar refractivity (Wildman–Crippen MR) is 169 cm³/mol. The number of benzene rings is 2. The SMILES string of the molecule is COc1cccc2c1C(=O)c1c(O)c3c(c(O)c1C2=O)C[C@@](O)(C(=O)COC(=O)CCC(=O)O)C[C@@H]3O[C@H]1C[C@H](N2C(=O)C=CC2=O)[C@H](O)[C@H](C)O1. The molecule has 5 N–H and O–H groups in total. The minimum absolute atomic E-state index is 0.0125. The van der Waals surface area contributed by atoms with Gasteiger partial charge in [0.2, 0.25) is 11.6 Å². The molecule has 0 aromatic heterocycles. The fourth-order valence-electron chi connectivity index (χ4n) is 7.10. The van der Waals surface area contributed by atoms with Gasteiger partial charge < -0.3 is 44.5 Å². The van der Waals surface area contributed by atoms with Gasteiger partial charge in [-0.05, 0) is 13.0 Å². The van der Waals surface area contributed by atoms with Crippen molar-refractivity contribution in [2.24, 2.45) is 0 Å². The molecular weight excluding hydrogens is 690 g/mol. The monoisotopic (exact) mass is 723 g/mol. The van der Waals surface area contributed by atoms with Gasteiger partial charge in [0, 0.05) is 48.1 Å². The lowest BCUT2D eigenvalue weighted by Crippen LogP contribution is -2.57. The standard InChI is InChI=1S/C35H33NO16/c1-14-30(43)17(36-21(38)6-7-22(36)39)10-25(51-14)52-19-12-35(48,20(37)13-50-24(42)9-8-23(40)41)11-16-27(19)34(47)29-28(32(16)45)31(44)15-4-3-5-18(49-2)26(15)33(29)46/h3-7,14,17,19,25,30,43,45,47-48H,8-13H2,1-2H3,(H,40,41)/t14-,17-,19-,25-,30+,35-/m0/s1. The fraction of sp³-hybridized carbons (Fsp3) is 0.400. The Bertz CT molecular complexity index is 1950. The molecule has 1 fully saturated rings. The van der Waals surface area contributed by atoms with Crippen LogP contribution in [0.25, 0.3) is 0 Å². The molecule has 17 nitrogen and oxygen atoms in total. The van der Waals surface area contributed by atoms with Crippen LogP contribution < -0.4 is 4.74 Å². The maximum Gasteiger partial charge on any atom is 0.306 e. The molecule has 274 valence electrons. The number of rotatable bonds is 10. The van der Waals surface area contributed by atoms with Crippen LogP contribution in [0.3, 0.4) is 0 Å². The van der Waals surface area contributed by atoms with Crippen molar-refractivity contribution in [1.82, 2.24) is 4.90 Å². The van der Waals surface area contributed by atoms with Crippen LogP contribution in [0.4, 0.5) is 0 Å². The number of phenols is 2. The molecule has 2 aromatic rings. The number of Topliss-reactive ketones (excluding diaryl/α,β-unsaturated/α-hetero) is 1. The number of fused-ring (bicyclic) bond motifs is 3. The van der Waals surface area contributed by atoms with Crippen LogP contribution in [0.1, 0.15) is 81.7 Å². The minimum atomic E-state index is -2.52. The van der Waals surface area contributed by atoms with Crippen molar-refractivity contribution in [3.63, 3.8) is 0 Å². The highest BCUT2D eigenvalue weighted by Crippen LogP contribution is 2.52. The van der Waals surface area contributed by atoms with Crippen molar-refractivity contribution in [2.45, 2.75) is 75.3 Å². The second-order valence-corrected chi connectivity index (χ2v) is 12.8. The molecule has 2 aliphatic heterocycles. The molecule has 2 aliphatic carbocycles. The normalized spacial score (nSPS) is 26.5. The summed E-state index contributed by atoms with van der Waals surface area (Å²) in [5, 5.41) is 55.0. The Morgan fingerprint density at radius 3 is 2.31 bits per heavy atom. The number of amides is 2. The van der Waals surface area contributed by atoms with Crippen LogP contribution in [0.15, 0.2) is 30.4 Å². The number of carbonyl (C=O) groups excluding carboxylic acids is 6. The second kappa shape index (κ2) is 13.6. The molecule has 0 unspecified atom stereocenters. The number of carboxylic acid groups (broad SMARTS) is 1. The Balaban J connectivity index is 1.41. The average molecular weight is 724 g/mol. The number of nitrogens with zero attached hydrogens (tertiary/aromatic N) is 1. The van der Waals surface area contributed by atoms with Gasteiger partial charge in [0.15, 0.2) is 18.7 Å². The van der Waals surface area contributed by atoms with E-state index in [0.29, 0.717) is 0 Å². The van der Waals surface area contributed by atoms with Gasteiger partial charge in [0.25, 0.3) is 11.8 Å².